The van der Waals surface area contributed by atoms with Crippen LogP contribution in [0.4, 0.5) is 4.79 Å². The summed E-state index contributed by atoms with van der Waals surface area (Å²) in [6.45, 7) is 19.2. The Morgan fingerprint density at radius 1 is 0.973 bits per heavy atom. The number of amides is 6. The quantitative estimate of drug-likeness (QED) is 0.0750. The van der Waals surface area contributed by atoms with Crippen LogP contribution < -0.4 is 21.3 Å². The van der Waals surface area contributed by atoms with Gasteiger partial charge in [-0.3, -0.25) is 24.0 Å². The van der Waals surface area contributed by atoms with Crippen molar-refractivity contribution in [3.05, 3.63) is 58.7 Å². The molecule has 0 fully saturated rings. The van der Waals surface area contributed by atoms with Crippen LogP contribution in [0.5, 0.6) is 0 Å². The lowest BCUT2D eigenvalue weighted by Crippen LogP contribution is -2.60. The maximum absolute atomic E-state index is 14.4. The van der Waals surface area contributed by atoms with Crippen molar-refractivity contribution in [3.8, 4) is 6.07 Å². The van der Waals surface area contributed by atoms with Crippen molar-refractivity contribution in [2.45, 2.75) is 170 Å². The molecule has 0 bridgehead atoms. The van der Waals surface area contributed by atoms with E-state index in [0.29, 0.717) is 29.7 Å². The van der Waals surface area contributed by atoms with Crippen LogP contribution in [0.3, 0.4) is 0 Å². The molecule has 0 aromatic heterocycles. The van der Waals surface area contributed by atoms with Crippen LogP contribution in [0, 0.1) is 29.1 Å². The van der Waals surface area contributed by atoms with Gasteiger partial charge in [0.1, 0.15) is 35.9 Å². The van der Waals surface area contributed by atoms with Crippen molar-refractivity contribution < 1.29 is 52.6 Å². The number of cyclic esters (lactones) is 2. The molecule has 0 radical (unpaired) electrons. The number of unbranched alkanes of at least 4 members (excludes halogenated alkanes) is 3. The van der Waals surface area contributed by atoms with Crippen LogP contribution in [-0.2, 0) is 54.2 Å². The first-order valence-electron chi connectivity index (χ1n) is 25.9. The van der Waals surface area contributed by atoms with Crippen molar-refractivity contribution >= 4 is 47.6 Å². The number of nitrogens with one attached hydrogen (secondary N) is 4. The summed E-state index contributed by atoms with van der Waals surface area (Å²) >= 11 is 0. The Hall–Kier alpha value is -6.29. The third-order valence-electron chi connectivity index (χ3n) is 13.5. The van der Waals surface area contributed by atoms with Crippen LogP contribution in [0.15, 0.2) is 47.6 Å². The number of rotatable bonds is 15. The standard InChI is InChI=1S/C55H86N8O11/c1-16-35(5)46-49(66)60-55(10,11)53(70)74-47(36(6)17-2)38(8)43(73-54(71)61(13)29-21-19-18-20-28-57-12)27-22-37(7)52(69)72-44(30-34(3)4)48(65)58-39(9)50(67)63(15)42(51(68)62(14)33-45(64)59-46)31-40-23-25-41(32-56)26-24-40/h17,22-26,34-35,38-39,42-44,46-47,57H,16,18-21,27-31,33H2,1-15H3,(H,58,65)(H,59,64)(H,60,66)/b36-17+,37-22+/t35?,38-,39-,42+,43-,44+,46-,47+/m0/s1. The Morgan fingerprint density at radius 3 is 2.19 bits per heavy atom. The number of esters is 2. The van der Waals surface area contributed by atoms with E-state index in [2.05, 4.69) is 27.3 Å². The molecule has 4 N–H and O–H groups in total. The van der Waals surface area contributed by atoms with E-state index in [1.165, 1.54) is 57.7 Å². The molecule has 1 unspecified atom stereocenters. The fraction of sp³-hybridized carbons (Fsp3) is 0.655. The molecule has 1 aliphatic rings. The van der Waals surface area contributed by atoms with Crippen LogP contribution in [-0.4, -0.2) is 152 Å². The van der Waals surface area contributed by atoms with Crippen molar-refractivity contribution in [3.63, 3.8) is 0 Å². The predicted molar refractivity (Wildman–Crippen MR) is 282 cm³/mol. The minimum atomic E-state index is -1.66. The highest BCUT2D eigenvalue weighted by molar-refractivity contribution is 5.96. The van der Waals surface area contributed by atoms with E-state index >= 15 is 0 Å². The van der Waals surface area contributed by atoms with Gasteiger partial charge in [-0.1, -0.05) is 78.2 Å². The number of hydrogen-bond acceptors (Lipinski definition) is 13. The molecule has 19 heteroatoms. The van der Waals surface area contributed by atoms with Gasteiger partial charge in [0, 0.05) is 52.0 Å². The van der Waals surface area contributed by atoms with Crippen LogP contribution in [0.2, 0.25) is 0 Å². The highest BCUT2D eigenvalue weighted by Crippen LogP contribution is 2.28. The normalized spacial score (nSPS) is 24.9. The molecule has 2 rings (SSSR count). The zero-order valence-corrected chi connectivity index (χ0v) is 46.7. The van der Waals surface area contributed by atoms with Crippen molar-refractivity contribution in [2.24, 2.45) is 17.8 Å². The second-order valence-corrected chi connectivity index (χ2v) is 20.7. The van der Waals surface area contributed by atoms with Crippen LogP contribution in [0.25, 0.3) is 0 Å². The highest BCUT2D eigenvalue weighted by atomic mass is 16.6. The van der Waals surface area contributed by atoms with E-state index in [0.717, 1.165) is 37.1 Å². The van der Waals surface area contributed by atoms with Gasteiger partial charge >= 0.3 is 18.0 Å². The smallest absolute Gasteiger partial charge is 0.409 e. The Morgan fingerprint density at radius 2 is 1.61 bits per heavy atom. The van der Waals surface area contributed by atoms with Gasteiger partial charge in [0.25, 0.3) is 5.91 Å². The summed E-state index contributed by atoms with van der Waals surface area (Å²) in [4.78, 5) is 116. The lowest BCUT2D eigenvalue weighted by Gasteiger charge is -2.35. The number of carbonyl (C=O) groups is 8. The minimum Gasteiger partial charge on any atom is -0.456 e. The molecule has 74 heavy (non-hydrogen) atoms. The Kier molecular flexibility index (Phi) is 26.6. The van der Waals surface area contributed by atoms with E-state index in [-0.39, 0.29) is 30.8 Å². The zero-order valence-electron chi connectivity index (χ0n) is 46.7. The molecular formula is C55H86N8O11. The largest absolute Gasteiger partial charge is 0.456 e. The first kappa shape index (κ1) is 63.8. The SMILES string of the molecule is C/C=C(\C)[C@H]1OC(=O)C(C)(C)NC(=O)[C@H](C(C)CC)NC(=O)CN(C)C(=O)[C@@H](Cc2ccc(C#N)cc2)N(C)C(=O)[C@H](C)NC(=O)[C@@H](CC(C)C)OC(=O)/C(C)=C/C[C@H](OC(=O)N(C)CCCCCCNC)[C@@H]1C. The van der Waals surface area contributed by atoms with Crippen molar-refractivity contribution in [2.75, 3.05) is 47.8 Å². The molecule has 6 amide bonds. The third-order valence-corrected chi connectivity index (χ3v) is 13.5. The fourth-order valence-corrected chi connectivity index (χ4v) is 8.22. The summed E-state index contributed by atoms with van der Waals surface area (Å²) in [5.74, 6) is -6.40. The predicted octanol–water partition coefficient (Wildman–Crippen LogP) is 5.36. The number of carbonyl (C=O) groups excluding carboxylic acids is 8. The van der Waals surface area contributed by atoms with Gasteiger partial charge < -0.3 is 50.2 Å². The molecule has 0 aliphatic carbocycles. The molecule has 1 aromatic carbocycles. The zero-order chi connectivity index (χ0) is 56.0. The number of nitriles is 1. The van der Waals surface area contributed by atoms with Crippen molar-refractivity contribution in [1.82, 2.24) is 36.0 Å². The maximum atomic E-state index is 14.4. The van der Waals surface area contributed by atoms with Gasteiger partial charge in [0.05, 0.1) is 18.2 Å². The molecular weight excluding hydrogens is 949 g/mol. The van der Waals surface area contributed by atoms with E-state index in [1.807, 2.05) is 27.8 Å². The lowest BCUT2D eigenvalue weighted by molar-refractivity contribution is -0.160. The monoisotopic (exact) mass is 1030 g/mol. The van der Waals surface area contributed by atoms with Gasteiger partial charge in [-0.25, -0.2) is 14.4 Å². The molecule has 0 saturated heterocycles. The summed E-state index contributed by atoms with van der Waals surface area (Å²) in [5, 5.41) is 20.7. The summed E-state index contributed by atoms with van der Waals surface area (Å²) in [7, 11) is 6.31. The van der Waals surface area contributed by atoms with Gasteiger partial charge in [-0.2, -0.15) is 5.26 Å². The maximum Gasteiger partial charge on any atom is 0.409 e. The molecule has 412 valence electrons. The molecule has 0 saturated carbocycles. The van der Waals surface area contributed by atoms with Crippen LogP contribution in [0.1, 0.15) is 132 Å². The number of likely N-dealkylation sites (N-methyl/N-ethyl adjacent to an activating group) is 2. The topological polar surface area (TPSA) is 246 Å². The Balaban J connectivity index is 2.76. The summed E-state index contributed by atoms with van der Waals surface area (Å²) in [6.07, 6.45) is 3.44. The average molecular weight is 1040 g/mol. The van der Waals surface area contributed by atoms with E-state index in [4.69, 9.17) is 14.2 Å². The number of nitrogens with zero attached hydrogens (tertiary/aromatic N) is 4. The summed E-state index contributed by atoms with van der Waals surface area (Å²) < 4.78 is 18.2. The molecule has 19 nitrogen and oxygen atoms in total. The molecule has 1 aliphatic heterocycles. The lowest BCUT2D eigenvalue weighted by atomic mass is 9.90. The molecule has 1 heterocycles. The number of allylic oxidation sites excluding steroid dienone is 1. The highest BCUT2D eigenvalue weighted by Gasteiger charge is 2.41. The van der Waals surface area contributed by atoms with Gasteiger partial charge in [-0.05, 0) is 110 Å². The van der Waals surface area contributed by atoms with Gasteiger partial charge in [0.2, 0.25) is 23.6 Å². The first-order valence-corrected chi connectivity index (χ1v) is 25.9. The van der Waals surface area contributed by atoms with E-state index in [9.17, 15) is 43.6 Å². The number of ether oxygens (including phenoxy) is 3. The summed E-state index contributed by atoms with van der Waals surface area (Å²) in [5.41, 5.74) is 0.0178. The molecule has 1 aromatic rings. The second kappa shape index (κ2) is 30.8. The number of hydrogen-bond donors (Lipinski definition) is 4. The molecule has 8 atom stereocenters. The Bertz CT molecular complexity index is 2190. The van der Waals surface area contributed by atoms with E-state index < -0.39 is 108 Å². The first-order chi connectivity index (χ1) is 34.7. The van der Waals surface area contributed by atoms with Gasteiger partial charge in [0.15, 0.2) is 6.10 Å². The van der Waals surface area contributed by atoms with Crippen LogP contribution >= 0.6 is 0 Å². The molecule has 0 spiro atoms. The van der Waals surface area contributed by atoms with Gasteiger partial charge in [-0.15, -0.1) is 0 Å². The Labute approximate surface area is 439 Å². The fourth-order valence-electron chi connectivity index (χ4n) is 8.22. The number of benzene rings is 1. The van der Waals surface area contributed by atoms with E-state index in [1.54, 1.807) is 65.1 Å². The third kappa shape index (κ3) is 19.9. The summed E-state index contributed by atoms with van der Waals surface area (Å²) in [6, 6.07) is 4.89. The average Bonchev–Trinajstić information content (AvgIpc) is 3.36. The second-order valence-electron chi connectivity index (χ2n) is 20.7. The van der Waals surface area contributed by atoms with Crippen molar-refractivity contribution in [1.29, 1.82) is 5.26 Å². The minimum absolute atomic E-state index is 0.0381.